The summed E-state index contributed by atoms with van der Waals surface area (Å²) in [6, 6.07) is 1.44. The van der Waals surface area contributed by atoms with Gasteiger partial charge in [-0.05, 0) is 19.9 Å². The van der Waals surface area contributed by atoms with Gasteiger partial charge in [-0.1, -0.05) is 23.2 Å². The molecule has 0 aliphatic heterocycles. The number of carbonyl (C=O) groups is 2. The summed E-state index contributed by atoms with van der Waals surface area (Å²) in [5.74, 6) is -0.561. The Labute approximate surface area is 163 Å². The third-order valence-electron chi connectivity index (χ3n) is 3.74. The normalized spacial score (nSPS) is 10.8. The maximum atomic E-state index is 12.1. The first-order chi connectivity index (χ1) is 12.8. The second kappa shape index (κ2) is 7.85. The van der Waals surface area contributed by atoms with Crippen molar-refractivity contribution in [3.05, 3.63) is 45.6 Å². The van der Waals surface area contributed by atoms with Crippen LogP contribution in [0.25, 0.3) is 5.78 Å². The predicted octanol–water partition coefficient (Wildman–Crippen LogP) is 2.17. The number of halogens is 2. The van der Waals surface area contributed by atoms with Crippen LogP contribution in [-0.4, -0.2) is 43.0 Å². The minimum Gasteiger partial charge on any atom is -0.455 e. The number of ether oxygens (including phenoxy) is 1. The van der Waals surface area contributed by atoms with Gasteiger partial charge < -0.3 is 10.1 Å². The Morgan fingerprint density at radius 1 is 1.26 bits per heavy atom. The number of nitrogens with one attached hydrogen (secondary N) is 1. The molecule has 0 fully saturated rings. The molecule has 0 atom stereocenters. The molecule has 0 bridgehead atoms. The molecule has 0 aliphatic carbocycles. The van der Waals surface area contributed by atoms with Crippen molar-refractivity contribution < 1.29 is 14.3 Å². The van der Waals surface area contributed by atoms with Gasteiger partial charge in [-0.3, -0.25) is 9.59 Å². The van der Waals surface area contributed by atoms with Crippen molar-refractivity contribution in [2.24, 2.45) is 0 Å². The first kappa shape index (κ1) is 19.0. The number of pyridine rings is 1. The van der Waals surface area contributed by atoms with E-state index in [1.807, 2.05) is 0 Å². The molecule has 0 aromatic carbocycles. The summed E-state index contributed by atoms with van der Waals surface area (Å²) in [7, 11) is 0. The van der Waals surface area contributed by atoms with Gasteiger partial charge in [-0.2, -0.15) is 10.1 Å². The molecule has 0 saturated carbocycles. The van der Waals surface area contributed by atoms with Crippen LogP contribution in [0, 0.1) is 13.8 Å². The molecule has 9 nitrogen and oxygen atoms in total. The summed E-state index contributed by atoms with van der Waals surface area (Å²) < 4.78 is 6.56. The third-order valence-corrected chi connectivity index (χ3v) is 4.23. The summed E-state index contributed by atoms with van der Waals surface area (Å²) in [6.45, 7) is 3.10. The van der Waals surface area contributed by atoms with E-state index in [4.69, 9.17) is 27.9 Å². The van der Waals surface area contributed by atoms with E-state index in [1.54, 1.807) is 13.8 Å². The first-order valence-electron chi connectivity index (χ1n) is 7.77. The monoisotopic (exact) mass is 408 g/mol. The highest BCUT2D eigenvalue weighted by Crippen LogP contribution is 2.22. The molecule has 1 N–H and O–H groups in total. The van der Waals surface area contributed by atoms with Crippen LogP contribution in [-0.2, 0) is 20.7 Å². The maximum Gasteiger partial charge on any atom is 0.310 e. The number of nitrogens with zero attached hydrogens (tertiary/aromatic N) is 5. The zero-order valence-electron chi connectivity index (χ0n) is 14.4. The number of amides is 1. The number of rotatable bonds is 5. The molecular formula is C16H14Cl2N6O3. The lowest BCUT2D eigenvalue weighted by Gasteiger charge is -2.10. The smallest absolute Gasteiger partial charge is 0.310 e. The lowest BCUT2D eigenvalue weighted by atomic mass is 10.1. The van der Waals surface area contributed by atoms with Gasteiger partial charge in [0, 0.05) is 23.1 Å². The van der Waals surface area contributed by atoms with E-state index >= 15 is 0 Å². The van der Waals surface area contributed by atoms with Crippen LogP contribution in [0.1, 0.15) is 17.0 Å². The summed E-state index contributed by atoms with van der Waals surface area (Å²) in [5.41, 5.74) is 2.04. The SMILES string of the molecule is Cc1nc2ncnn2c(C)c1CC(=O)OCC(=O)Nc1ncc(Cl)cc1Cl. The highest BCUT2D eigenvalue weighted by atomic mass is 35.5. The van der Waals surface area contributed by atoms with E-state index in [-0.39, 0.29) is 17.3 Å². The molecule has 3 aromatic rings. The number of carbonyl (C=O) groups excluding carboxylic acids is 2. The molecular weight excluding hydrogens is 395 g/mol. The van der Waals surface area contributed by atoms with Crippen molar-refractivity contribution in [3.8, 4) is 0 Å². The number of anilines is 1. The highest BCUT2D eigenvalue weighted by molar-refractivity contribution is 6.36. The second-order valence-corrected chi connectivity index (χ2v) is 6.45. The third kappa shape index (κ3) is 4.32. The molecule has 11 heteroatoms. The lowest BCUT2D eigenvalue weighted by Crippen LogP contribution is -2.23. The van der Waals surface area contributed by atoms with Crippen LogP contribution in [0.4, 0.5) is 5.82 Å². The maximum absolute atomic E-state index is 12.1. The quantitative estimate of drug-likeness (QED) is 0.643. The second-order valence-electron chi connectivity index (χ2n) is 5.60. The number of hydrogen-bond donors (Lipinski definition) is 1. The molecule has 0 spiro atoms. The van der Waals surface area contributed by atoms with Gasteiger partial charge in [0.25, 0.3) is 11.7 Å². The van der Waals surface area contributed by atoms with Gasteiger partial charge in [0.15, 0.2) is 12.4 Å². The Hall–Kier alpha value is -2.78. The van der Waals surface area contributed by atoms with E-state index in [2.05, 4.69) is 25.4 Å². The van der Waals surface area contributed by atoms with Gasteiger partial charge in [0.1, 0.15) is 6.33 Å². The van der Waals surface area contributed by atoms with Crippen molar-refractivity contribution in [2.45, 2.75) is 20.3 Å². The Bertz CT molecular complexity index is 1040. The fourth-order valence-electron chi connectivity index (χ4n) is 2.43. The van der Waals surface area contributed by atoms with Gasteiger partial charge in [0.2, 0.25) is 0 Å². The van der Waals surface area contributed by atoms with E-state index in [9.17, 15) is 9.59 Å². The predicted molar refractivity (Wildman–Crippen MR) is 97.8 cm³/mol. The van der Waals surface area contributed by atoms with Gasteiger partial charge in [0.05, 0.1) is 16.5 Å². The number of esters is 1. The highest BCUT2D eigenvalue weighted by Gasteiger charge is 2.16. The van der Waals surface area contributed by atoms with Crippen molar-refractivity contribution in [3.63, 3.8) is 0 Å². The van der Waals surface area contributed by atoms with E-state index in [0.717, 1.165) is 5.69 Å². The molecule has 3 rings (SSSR count). The van der Waals surface area contributed by atoms with Crippen molar-refractivity contribution >= 4 is 46.7 Å². The Balaban J connectivity index is 1.60. The lowest BCUT2D eigenvalue weighted by molar-refractivity contribution is -0.146. The molecule has 0 unspecified atom stereocenters. The van der Waals surface area contributed by atoms with Crippen molar-refractivity contribution in [2.75, 3.05) is 11.9 Å². The average Bonchev–Trinajstić information content (AvgIpc) is 3.07. The van der Waals surface area contributed by atoms with E-state index in [1.165, 1.54) is 23.1 Å². The van der Waals surface area contributed by atoms with Crippen LogP contribution in [0.2, 0.25) is 10.0 Å². The molecule has 0 radical (unpaired) electrons. The van der Waals surface area contributed by atoms with Gasteiger partial charge in [-0.25, -0.2) is 14.5 Å². The van der Waals surface area contributed by atoms with Gasteiger partial charge in [-0.15, -0.1) is 0 Å². The largest absolute Gasteiger partial charge is 0.455 e. The minimum atomic E-state index is -0.576. The van der Waals surface area contributed by atoms with Crippen molar-refractivity contribution in [1.82, 2.24) is 24.6 Å². The zero-order chi connectivity index (χ0) is 19.6. The summed E-state index contributed by atoms with van der Waals surface area (Å²) in [4.78, 5) is 36.3. The number of aromatic nitrogens is 5. The Morgan fingerprint density at radius 2 is 2.04 bits per heavy atom. The standard InChI is InChI=1S/C16H14Cl2N6O3/c1-8-11(9(2)24-16(22-8)20-7-21-24)4-14(26)27-6-13(25)23-15-12(18)3-10(17)5-19-15/h3,5,7H,4,6H2,1-2H3,(H,19,23,25). The molecule has 140 valence electrons. The summed E-state index contributed by atoms with van der Waals surface area (Å²) in [6.07, 6.45) is 2.68. The molecule has 3 aromatic heterocycles. The number of hydrogen-bond acceptors (Lipinski definition) is 7. The van der Waals surface area contributed by atoms with E-state index < -0.39 is 18.5 Å². The van der Waals surface area contributed by atoms with Crippen LogP contribution in [0.15, 0.2) is 18.6 Å². The Kier molecular flexibility index (Phi) is 5.52. The molecule has 0 aliphatic rings. The first-order valence-corrected chi connectivity index (χ1v) is 8.53. The number of fused-ring (bicyclic) bond motifs is 1. The molecule has 27 heavy (non-hydrogen) atoms. The zero-order valence-corrected chi connectivity index (χ0v) is 15.9. The topological polar surface area (TPSA) is 111 Å². The van der Waals surface area contributed by atoms with Crippen LogP contribution >= 0.6 is 23.2 Å². The summed E-state index contributed by atoms with van der Waals surface area (Å²) in [5, 5.41) is 7.03. The molecule has 3 heterocycles. The fraction of sp³-hybridized carbons (Fsp3) is 0.250. The minimum absolute atomic E-state index is 0.0479. The molecule has 0 saturated heterocycles. The Morgan fingerprint density at radius 3 is 2.78 bits per heavy atom. The molecule has 1 amide bonds. The van der Waals surface area contributed by atoms with E-state index in [0.29, 0.717) is 22.1 Å². The average molecular weight is 409 g/mol. The fourth-order valence-corrected chi connectivity index (χ4v) is 2.85. The van der Waals surface area contributed by atoms with Crippen LogP contribution in [0.3, 0.4) is 0 Å². The van der Waals surface area contributed by atoms with Crippen LogP contribution < -0.4 is 5.32 Å². The number of aryl methyl sites for hydroxylation is 2. The van der Waals surface area contributed by atoms with Gasteiger partial charge >= 0.3 is 5.97 Å². The summed E-state index contributed by atoms with van der Waals surface area (Å²) >= 11 is 11.7. The van der Waals surface area contributed by atoms with Crippen LogP contribution in [0.5, 0.6) is 0 Å². The van der Waals surface area contributed by atoms with Crippen molar-refractivity contribution in [1.29, 1.82) is 0 Å².